The fourth-order valence-corrected chi connectivity index (χ4v) is 1.12. The lowest BCUT2D eigenvalue weighted by molar-refractivity contribution is -0.140. The first-order valence-corrected chi connectivity index (χ1v) is 5.39. The molecule has 2 unspecified atom stereocenters. The summed E-state index contributed by atoms with van der Waals surface area (Å²) < 4.78 is 5.00. The van der Waals surface area contributed by atoms with E-state index >= 15 is 0 Å². The first kappa shape index (κ1) is 18.0. The van der Waals surface area contributed by atoms with Crippen molar-refractivity contribution in [2.75, 3.05) is 0 Å². The summed E-state index contributed by atoms with van der Waals surface area (Å²) in [5.41, 5.74) is -0.622. The van der Waals surface area contributed by atoms with Crippen LogP contribution in [0.1, 0.15) is 41.0 Å². The summed E-state index contributed by atoms with van der Waals surface area (Å²) in [4.78, 5) is 22.3. The van der Waals surface area contributed by atoms with Crippen LogP contribution in [0.5, 0.6) is 0 Å². The van der Waals surface area contributed by atoms with Crippen LogP contribution in [0.3, 0.4) is 0 Å². The highest BCUT2D eigenvalue weighted by Crippen LogP contribution is 2.11. The summed E-state index contributed by atoms with van der Waals surface area (Å²) >= 11 is 0. The van der Waals surface area contributed by atoms with Gasteiger partial charge in [0, 0.05) is 0 Å². The van der Waals surface area contributed by atoms with Crippen LogP contribution in [0.2, 0.25) is 0 Å². The number of rotatable bonds is 4. The molecule has 0 aromatic rings. The second kappa shape index (κ2) is 7.09. The van der Waals surface area contributed by atoms with Gasteiger partial charge in [0.1, 0.15) is 11.6 Å². The van der Waals surface area contributed by atoms with Crippen molar-refractivity contribution < 1.29 is 24.1 Å². The van der Waals surface area contributed by atoms with Gasteiger partial charge in [-0.15, -0.1) is 0 Å². The second-order valence-corrected chi connectivity index (χ2v) is 4.85. The smallest absolute Gasteiger partial charge is 0.408 e. The van der Waals surface area contributed by atoms with E-state index < -0.39 is 23.7 Å². The molecule has 6 heteroatoms. The highest BCUT2D eigenvalue weighted by atomic mass is 19.0. The lowest BCUT2D eigenvalue weighted by Crippen LogP contribution is -2.46. The molecular weight excluding hydrogens is 229 g/mol. The number of nitrogens with one attached hydrogen (secondary N) is 1. The zero-order valence-corrected chi connectivity index (χ0v) is 10.9. The van der Waals surface area contributed by atoms with Gasteiger partial charge >= 0.3 is 12.1 Å². The minimum Gasteiger partial charge on any atom is -0.480 e. The summed E-state index contributed by atoms with van der Waals surface area (Å²) in [5.74, 6) is -1.18. The molecule has 0 saturated heterocycles. The Morgan fingerprint density at radius 1 is 1.35 bits per heavy atom. The first-order chi connectivity index (χ1) is 7.17. The number of hydrogen-bond donors (Lipinski definition) is 2. The van der Waals surface area contributed by atoms with E-state index in [2.05, 4.69) is 5.32 Å². The van der Waals surface area contributed by atoms with Gasteiger partial charge in [-0.05, 0) is 26.7 Å². The van der Waals surface area contributed by atoms with Crippen molar-refractivity contribution in [1.82, 2.24) is 5.32 Å². The molecule has 0 aromatic carbocycles. The SMILES string of the molecule is CCC(C)C(NC(=O)OC(C)(C)C)C(=O)O.F. The molecule has 0 aliphatic rings. The van der Waals surface area contributed by atoms with Crippen molar-refractivity contribution in [3.63, 3.8) is 0 Å². The third-order valence-electron chi connectivity index (χ3n) is 2.15. The Hall–Kier alpha value is -1.33. The maximum absolute atomic E-state index is 11.4. The van der Waals surface area contributed by atoms with Crippen molar-refractivity contribution in [2.45, 2.75) is 52.7 Å². The van der Waals surface area contributed by atoms with Gasteiger partial charge < -0.3 is 15.2 Å². The van der Waals surface area contributed by atoms with Crippen LogP contribution in [0.25, 0.3) is 0 Å². The van der Waals surface area contributed by atoms with E-state index in [9.17, 15) is 9.59 Å². The molecule has 0 radical (unpaired) electrons. The van der Waals surface area contributed by atoms with E-state index in [1.807, 2.05) is 6.92 Å². The van der Waals surface area contributed by atoms with E-state index in [-0.39, 0.29) is 10.6 Å². The van der Waals surface area contributed by atoms with Gasteiger partial charge in [0.2, 0.25) is 0 Å². The number of ether oxygens (including phenoxy) is 1. The lowest BCUT2D eigenvalue weighted by Gasteiger charge is -2.24. The molecule has 0 rings (SSSR count). The van der Waals surface area contributed by atoms with Crippen molar-refractivity contribution in [3.8, 4) is 0 Å². The van der Waals surface area contributed by atoms with Gasteiger partial charge in [-0.1, -0.05) is 20.3 Å². The molecule has 5 nitrogen and oxygen atoms in total. The number of carboxylic acids is 1. The van der Waals surface area contributed by atoms with Crippen LogP contribution < -0.4 is 5.32 Å². The van der Waals surface area contributed by atoms with Crippen LogP contribution in [0.15, 0.2) is 0 Å². The normalized spacial score (nSPS) is 14.2. The fourth-order valence-electron chi connectivity index (χ4n) is 1.12. The molecule has 0 aliphatic heterocycles. The molecular formula is C11H22FNO4. The highest BCUT2D eigenvalue weighted by molar-refractivity contribution is 5.80. The Labute approximate surface area is 101 Å². The summed E-state index contributed by atoms with van der Waals surface area (Å²) in [6, 6.07) is -0.903. The summed E-state index contributed by atoms with van der Waals surface area (Å²) in [5, 5.41) is 11.3. The molecule has 0 bridgehead atoms. The Kier molecular flexibility index (Phi) is 7.52. The third-order valence-corrected chi connectivity index (χ3v) is 2.15. The first-order valence-electron chi connectivity index (χ1n) is 5.39. The highest BCUT2D eigenvalue weighted by Gasteiger charge is 2.27. The molecule has 0 saturated carbocycles. The van der Waals surface area contributed by atoms with Gasteiger partial charge in [-0.2, -0.15) is 0 Å². The topological polar surface area (TPSA) is 75.6 Å². The molecule has 17 heavy (non-hydrogen) atoms. The van der Waals surface area contributed by atoms with E-state index in [4.69, 9.17) is 9.84 Å². The number of hydrogen-bond acceptors (Lipinski definition) is 3. The number of carboxylic acid groups (broad SMARTS) is 1. The van der Waals surface area contributed by atoms with Gasteiger partial charge in [0.25, 0.3) is 0 Å². The van der Waals surface area contributed by atoms with Crippen LogP contribution in [0, 0.1) is 5.92 Å². The quantitative estimate of drug-likeness (QED) is 0.802. The molecule has 0 aromatic heterocycles. The van der Waals surface area contributed by atoms with Crippen molar-refractivity contribution >= 4 is 12.1 Å². The van der Waals surface area contributed by atoms with Gasteiger partial charge in [-0.3, -0.25) is 4.70 Å². The average molecular weight is 251 g/mol. The summed E-state index contributed by atoms with van der Waals surface area (Å²) in [7, 11) is 0. The maximum atomic E-state index is 11.4. The van der Waals surface area contributed by atoms with Crippen LogP contribution >= 0.6 is 0 Å². The third kappa shape index (κ3) is 7.54. The van der Waals surface area contributed by atoms with Crippen LogP contribution in [0.4, 0.5) is 9.50 Å². The number of alkyl carbamates (subject to hydrolysis) is 1. The second-order valence-electron chi connectivity index (χ2n) is 4.85. The molecule has 0 heterocycles. The average Bonchev–Trinajstić information content (AvgIpc) is 2.09. The Morgan fingerprint density at radius 2 is 1.82 bits per heavy atom. The minimum atomic E-state index is -1.04. The lowest BCUT2D eigenvalue weighted by atomic mass is 10.00. The fraction of sp³-hybridized carbons (Fsp3) is 0.818. The number of halogens is 1. The summed E-state index contributed by atoms with van der Waals surface area (Å²) in [6.07, 6.45) is -0.0209. The predicted octanol–water partition coefficient (Wildman–Crippen LogP) is 2.16. The van der Waals surface area contributed by atoms with Crippen LogP contribution in [-0.2, 0) is 9.53 Å². The van der Waals surface area contributed by atoms with Crippen molar-refractivity contribution in [1.29, 1.82) is 0 Å². The monoisotopic (exact) mass is 251 g/mol. The largest absolute Gasteiger partial charge is 0.480 e. The number of aliphatic carboxylic acids is 1. The molecule has 102 valence electrons. The van der Waals surface area contributed by atoms with E-state index in [0.717, 1.165) is 0 Å². The van der Waals surface area contributed by atoms with Crippen molar-refractivity contribution in [2.24, 2.45) is 5.92 Å². The molecule has 2 N–H and O–H groups in total. The number of amides is 1. The summed E-state index contributed by atoms with van der Waals surface area (Å²) in [6.45, 7) is 8.83. The van der Waals surface area contributed by atoms with Crippen LogP contribution in [-0.4, -0.2) is 28.8 Å². The standard InChI is InChI=1S/C11H21NO4.FH/c1-6-7(2)8(9(13)14)12-10(15)16-11(3,4)5;/h7-8H,6H2,1-5H3,(H,12,15)(H,13,14);1H. The zero-order valence-electron chi connectivity index (χ0n) is 10.9. The Balaban J connectivity index is 0. The molecule has 0 aliphatic carbocycles. The number of carbonyl (C=O) groups is 2. The molecule has 0 fully saturated rings. The number of carbonyl (C=O) groups excluding carboxylic acids is 1. The van der Waals surface area contributed by atoms with E-state index in [0.29, 0.717) is 6.42 Å². The van der Waals surface area contributed by atoms with Gasteiger partial charge in [0.15, 0.2) is 0 Å². The van der Waals surface area contributed by atoms with E-state index in [1.54, 1.807) is 27.7 Å². The molecule has 1 amide bonds. The molecule has 2 atom stereocenters. The predicted molar refractivity (Wildman–Crippen MR) is 62.8 cm³/mol. The van der Waals surface area contributed by atoms with E-state index in [1.165, 1.54) is 0 Å². The van der Waals surface area contributed by atoms with Gasteiger partial charge in [0.05, 0.1) is 0 Å². The Bertz CT molecular complexity index is 263. The Morgan fingerprint density at radius 3 is 2.12 bits per heavy atom. The zero-order chi connectivity index (χ0) is 12.9. The molecule has 0 spiro atoms. The van der Waals surface area contributed by atoms with Crippen molar-refractivity contribution in [3.05, 3.63) is 0 Å². The minimum absolute atomic E-state index is 0. The maximum Gasteiger partial charge on any atom is 0.408 e. The van der Waals surface area contributed by atoms with Gasteiger partial charge in [-0.25, -0.2) is 9.59 Å².